The van der Waals surface area contributed by atoms with Crippen LogP contribution in [-0.2, 0) is 14.4 Å². The maximum Gasteiger partial charge on any atom is 0.266 e. The minimum Gasteiger partial charge on any atom is -0.497 e. The summed E-state index contributed by atoms with van der Waals surface area (Å²) in [4.78, 5) is 34.4. The lowest BCUT2D eigenvalue weighted by molar-refractivity contribution is -0.126. The molecule has 3 aromatic carbocycles. The Kier molecular flexibility index (Phi) is 5.44. The number of nitrogens with zero attached hydrogens (tertiary/aromatic N) is 2. The molecule has 3 atom stereocenters. The van der Waals surface area contributed by atoms with Gasteiger partial charge in [-0.25, -0.2) is 9.96 Å². The Labute approximate surface area is 196 Å². The Morgan fingerprint density at radius 1 is 0.848 bits per heavy atom. The van der Waals surface area contributed by atoms with Crippen LogP contribution in [0, 0.1) is 5.92 Å². The molecule has 2 fully saturated rings. The van der Waals surface area contributed by atoms with Crippen LogP contribution in [0.5, 0.6) is 11.5 Å². The number of imide groups is 1. The molecule has 0 N–H and O–H groups in total. The lowest BCUT2D eigenvalue weighted by atomic mass is 9.90. The van der Waals surface area contributed by atoms with Gasteiger partial charge in [-0.3, -0.25) is 14.4 Å². The summed E-state index contributed by atoms with van der Waals surface area (Å²) >= 11 is 6.12. The number of anilines is 2. The molecule has 2 saturated heterocycles. The first-order valence-corrected chi connectivity index (χ1v) is 10.8. The lowest BCUT2D eigenvalue weighted by Crippen LogP contribution is -2.37. The van der Waals surface area contributed by atoms with E-state index in [1.54, 1.807) is 55.7 Å². The Morgan fingerprint density at radius 3 is 2.30 bits per heavy atom. The summed E-state index contributed by atoms with van der Waals surface area (Å²) in [5.74, 6) is -0.409. The molecule has 2 aliphatic heterocycles. The zero-order chi connectivity index (χ0) is 23.1. The van der Waals surface area contributed by atoms with Crippen molar-refractivity contribution in [1.82, 2.24) is 0 Å². The molecule has 0 bridgehead atoms. The van der Waals surface area contributed by atoms with Crippen molar-refractivity contribution in [2.75, 3.05) is 24.2 Å². The van der Waals surface area contributed by atoms with E-state index in [2.05, 4.69) is 0 Å². The van der Waals surface area contributed by atoms with E-state index in [0.717, 1.165) is 10.6 Å². The van der Waals surface area contributed by atoms with E-state index < -0.39 is 24.0 Å². The number of hydroxylamine groups is 1. The predicted molar refractivity (Wildman–Crippen MR) is 124 cm³/mol. The highest BCUT2D eigenvalue weighted by molar-refractivity contribution is 6.31. The second kappa shape index (κ2) is 8.42. The van der Waals surface area contributed by atoms with Gasteiger partial charge in [-0.05, 0) is 42.5 Å². The summed E-state index contributed by atoms with van der Waals surface area (Å²) in [5.41, 5.74) is 1.86. The number of ether oxygens (including phenoxy) is 2. The maximum atomic E-state index is 13.7. The highest BCUT2D eigenvalue weighted by Crippen LogP contribution is 2.50. The topological polar surface area (TPSA) is 68.3 Å². The summed E-state index contributed by atoms with van der Waals surface area (Å²) in [5, 5.41) is 2.07. The largest absolute Gasteiger partial charge is 0.497 e. The van der Waals surface area contributed by atoms with Crippen LogP contribution in [0.4, 0.5) is 11.4 Å². The fourth-order valence-electron chi connectivity index (χ4n) is 4.46. The van der Waals surface area contributed by atoms with E-state index in [1.165, 1.54) is 0 Å². The number of carbonyl (C=O) groups excluding carboxylic acids is 2. The van der Waals surface area contributed by atoms with Gasteiger partial charge in [-0.15, -0.1) is 0 Å². The SMILES string of the molecule is COc1ccc([C@H]2[C@H]3C(=O)N(c4cccc(Cl)c4)C(=O)[C@@H]3ON2c2ccccc2)c(OC)c1. The molecule has 0 radical (unpaired) electrons. The standard InChI is InChI=1S/C25H21ClN2O5/c1-31-18-11-12-19(20(14-18)32-2)22-21-23(33-28(22)16-8-4-3-5-9-16)25(30)27(24(21)29)17-10-6-7-15(26)13-17/h3-14,21-23H,1-2H3/t21-,22+,23-/m1/s1. The third-order valence-electron chi connectivity index (χ3n) is 5.95. The number of carbonyl (C=O) groups is 2. The Hall–Kier alpha value is -3.55. The summed E-state index contributed by atoms with van der Waals surface area (Å²) < 4.78 is 11.0. The molecular formula is C25H21ClN2O5. The number of hydrogen-bond donors (Lipinski definition) is 0. The number of methoxy groups -OCH3 is 2. The molecule has 0 aromatic heterocycles. The van der Waals surface area contributed by atoms with Gasteiger partial charge >= 0.3 is 0 Å². The fraction of sp³-hybridized carbons (Fsp3) is 0.200. The molecule has 0 aliphatic carbocycles. The maximum absolute atomic E-state index is 13.7. The van der Waals surface area contributed by atoms with Crippen molar-refractivity contribution in [3.8, 4) is 11.5 Å². The number of halogens is 1. The normalized spacial score (nSPS) is 22.0. The van der Waals surface area contributed by atoms with Crippen molar-refractivity contribution in [1.29, 1.82) is 0 Å². The molecule has 168 valence electrons. The van der Waals surface area contributed by atoms with E-state index in [9.17, 15) is 9.59 Å². The number of hydrogen-bond acceptors (Lipinski definition) is 6. The van der Waals surface area contributed by atoms with Gasteiger partial charge in [-0.2, -0.15) is 0 Å². The second-order valence-corrected chi connectivity index (χ2v) is 8.19. The number of rotatable bonds is 5. The zero-order valence-electron chi connectivity index (χ0n) is 18.0. The minimum atomic E-state index is -0.978. The summed E-state index contributed by atoms with van der Waals surface area (Å²) in [7, 11) is 3.12. The van der Waals surface area contributed by atoms with Crippen LogP contribution in [0.15, 0.2) is 72.8 Å². The summed E-state index contributed by atoms with van der Waals surface area (Å²) in [6, 6.07) is 20.8. The van der Waals surface area contributed by atoms with Gasteiger partial charge in [0.2, 0.25) is 5.91 Å². The van der Waals surface area contributed by atoms with Crippen LogP contribution in [0.3, 0.4) is 0 Å². The molecular weight excluding hydrogens is 444 g/mol. The summed E-state index contributed by atoms with van der Waals surface area (Å²) in [6.45, 7) is 0. The molecule has 8 heteroatoms. The molecule has 2 amide bonds. The van der Waals surface area contributed by atoms with Crippen molar-refractivity contribution in [2.45, 2.75) is 12.1 Å². The van der Waals surface area contributed by atoms with E-state index in [1.807, 2.05) is 36.4 Å². The average molecular weight is 465 g/mol. The van der Waals surface area contributed by atoms with Crippen LogP contribution >= 0.6 is 11.6 Å². The molecule has 0 spiro atoms. The number of fused-ring (bicyclic) bond motifs is 1. The van der Waals surface area contributed by atoms with E-state index in [0.29, 0.717) is 27.8 Å². The zero-order valence-corrected chi connectivity index (χ0v) is 18.7. The third-order valence-corrected chi connectivity index (χ3v) is 6.19. The van der Waals surface area contributed by atoms with Crippen molar-refractivity contribution in [2.24, 2.45) is 5.92 Å². The molecule has 0 unspecified atom stereocenters. The fourth-order valence-corrected chi connectivity index (χ4v) is 4.65. The van der Waals surface area contributed by atoms with E-state index in [4.69, 9.17) is 25.9 Å². The van der Waals surface area contributed by atoms with Crippen LogP contribution in [-0.4, -0.2) is 32.1 Å². The van der Waals surface area contributed by atoms with Crippen molar-refractivity contribution in [3.63, 3.8) is 0 Å². The van der Waals surface area contributed by atoms with Crippen molar-refractivity contribution >= 4 is 34.8 Å². The highest BCUT2D eigenvalue weighted by atomic mass is 35.5. The van der Waals surface area contributed by atoms with Crippen molar-refractivity contribution in [3.05, 3.63) is 83.4 Å². The van der Waals surface area contributed by atoms with Gasteiger partial charge in [0.1, 0.15) is 17.4 Å². The molecule has 33 heavy (non-hydrogen) atoms. The second-order valence-electron chi connectivity index (χ2n) is 7.76. The average Bonchev–Trinajstić information content (AvgIpc) is 3.35. The van der Waals surface area contributed by atoms with E-state index in [-0.39, 0.29) is 5.91 Å². The number of para-hydroxylation sites is 1. The highest BCUT2D eigenvalue weighted by Gasteiger charge is 2.60. The number of benzene rings is 3. The third kappa shape index (κ3) is 3.50. The Morgan fingerprint density at radius 2 is 1.61 bits per heavy atom. The molecule has 2 aliphatic rings. The smallest absolute Gasteiger partial charge is 0.266 e. The molecule has 3 aromatic rings. The molecule has 2 heterocycles. The van der Waals surface area contributed by atoms with Crippen LogP contribution in [0.2, 0.25) is 5.02 Å². The first-order chi connectivity index (χ1) is 16.0. The Bertz CT molecular complexity index is 1220. The first-order valence-electron chi connectivity index (χ1n) is 10.4. The van der Waals surface area contributed by atoms with Gasteiger partial charge in [0, 0.05) is 16.7 Å². The van der Waals surface area contributed by atoms with Crippen LogP contribution in [0.1, 0.15) is 11.6 Å². The quantitative estimate of drug-likeness (QED) is 0.521. The van der Waals surface area contributed by atoms with E-state index >= 15 is 0 Å². The van der Waals surface area contributed by atoms with Gasteiger partial charge in [0.15, 0.2) is 6.10 Å². The monoisotopic (exact) mass is 464 g/mol. The summed E-state index contributed by atoms with van der Waals surface area (Å²) in [6.07, 6.45) is -0.978. The van der Waals surface area contributed by atoms with Gasteiger partial charge in [0.05, 0.1) is 31.6 Å². The predicted octanol–water partition coefficient (Wildman–Crippen LogP) is 4.41. The first kappa shape index (κ1) is 21.3. The van der Waals surface area contributed by atoms with Gasteiger partial charge in [-0.1, -0.05) is 35.9 Å². The van der Waals surface area contributed by atoms with Crippen LogP contribution in [0.25, 0.3) is 0 Å². The number of amides is 2. The van der Waals surface area contributed by atoms with Gasteiger partial charge < -0.3 is 9.47 Å². The molecule has 0 saturated carbocycles. The lowest BCUT2D eigenvalue weighted by Gasteiger charge is -2.29. The minimum absolute atomic E-state index is 0.353. The molecule has 7 nitrogen and oxygen atoms in total. The molecule has 5 rings (SSSR count). The van der Waals surface area contributed by atoms with Crippen molar-refractivity contribution < 1.29 is 23.9 Å². The van der Waals surface area contributed by atoms with Crippen LogP contribution < -0.4 is 19.4 Å². The Balaban J connectivity index is 1.62. The van der Waals surface area contributed by atoms with Gasteiger partial charge in [0.25, 0.3) is 5.91 Å².